The summed E-state index contributed by atoms with van der Waals surface area (Å²) in [6.07, 6.45) is 8.60. The Kier molecular flexibility index (Phi) is 3.67. The minimum absolute atomic E-state index is 0.277. The first-order valence-electron chi connectivity index (χ1n) is 7.54. The molecule has 4 heteroatoms. The zero-order chi connectivity index (χ0) is 13.3. The summed E-state index contributed by atoms with van der Waals surface area (Å²) in [6.45, 7) is 8.04. The average molecular weight is 279 g/mol. The molecule has 19 heavy (non-hydrogen) atoms. The van der Waals surface area contributed by atoms with Crippen molar-refractivity contribution < 1.29 is 0 Å². The third kappa shape index (κ3) is 2.58. The molecule has 1 atom stereocenters. The molecule has 1 saturated heterocycles. The van der Waals surface area contributed by atoms with Crippen LogP contribution < -0.4 is 5.32 Å². The van der Waals surface area contributed by atoms with Crippen molar-refractivity contribution in [2.45, 2.75) is 63.6 Å². The molecule has 2 heterocycles. The number of rotatable bonds is 3. The molecule has 0 radical (unpaired) electrons. The minimum Gasteiger partial charge on any atom is -0.308 e. The van der Waals surface area contributed by atoms with Crippen LogP contribution in [0.25, 0.3) is 0 Å². The van der Waals surface area contributed by atoms with E-state index in [2.05, 4.69) is 34.4 Å². The molecule has 1 saturated carbocycles. The topological polar surface area (TPSA) is 28.2 Å². The van der Waals surface area contributed by atoms with Gasteiger partial charge in [0.05, 0.1) is 6.54 Å². The fourth-order valence-corrected chi connectivity index (χ4v) is 4.21. The van der Waals surface area contributed by atoms with Gasteiger partial charge in [0.15, 0.2) is 0 Å². The normalized spacial score (nSPS) is 31.1. The van der Waals surface area contributed by atoms with Gasteiger partial charge in [-0.05, 0) is 26.2 Å². The van der Waals surface area contributed by atoms with Crippen molar-refractivity contribution in [1.82, 2.24) is 15.2 Å². The maximum atomic E-state index is 4.48. The van der Waals surface area contributed by atoms with E-state index in [0.717, 1.165) is 13.1 Å². The molecule has 1 aliphatic heterocycles. The summed E-state index contributed by atoms with van der Waals surface area (Å²) in [5.41, 5.74) is 0.672. The second-order valence-corrected chi connectivity index (χ2v) is 7.45. The fourth-order valence-electron chi connectivity index (χ4n) is 3.58. The molecule has 1 N–H and O–H groups in total. The zero-order valence-corrected chi connectivity index (χ0v) is 12.9. The summed E-state index contributed by atoms with van der Waals surface area (Å²) in [4.78, 5) is 7.17. The highest BCUT2D eigenvalue weighted by Gasteiger charge is 2.45. The number of nitrogens with one attached hydrogen (secondary N) is 1. The van der Waals surface area contributed by atoms with Crippen LogP contribution in [0.5, 0.6) is 0 Å². The molecular formula is C15H25N3S. The Morgan fingerprint density at radius 3 is 2.84 bits per heavy atom. The third-order valence-electron chi connectivity index (χ3n) is 5.23. The summed E-state index contributed by atoms with van der Waals surface area (Å²) in [5, 5.41) is 7.24. The highest BCUT2D eigenvalue weighted by Crippen LogP contribution is 2.37. The van der Waals surface area contributed by atoms with Gasteiger partial charge in [-0.3, -0.25) is 4.90 Å². The molecule has 0 bridgehead atoms. The van der Waals surface area contributed by atoms with E-state index in [1.807, 2.05) is 6.20 Å². The summed E-state index contributed by atoms with van der Waals surface area (Å²) in [6, 6.07) is 0. The standard InChI is InChI=1S/C15H25N3S/c1-3-14(2)11-17-15(6-4-5-7-15)12-18(14)10-13-16-8-9-19-13/h8-9,17H,3-7,10-12H2,1-2H3. The van der Waals surface area contributed by atoms with Crippen molar-refractivity contribution in [2.75, 3.05) is 13.1 Å². The van der Waals surface area contributed by atoms with Crippen LogP contribution in [0.4, 0.5) is 0 Å². The summed E-state index contributed by atoms with van der Waals surface area (Å²) in [7, 11) is 0. The van der Waals surface area contributed by atoms with Crippen molar-refractivity contribution in [2.24, 2.45) is 0 Å². The predicted octanol–water partition coefficient (Wildman–Crippen LogP) is 3.03. The highest BCUT2D eigenvalue weighted by molar-refractivity contribution is 7.09. The van der Waals surface area contributed by atoms with Gasteiger partial charge in [0.1, 0.15) is 5.01 Å². The summed E-state index contributed by atoms with van der Waals surface area (Å²) in [5.74, 6) is 0. The number of nitrogens with zero attached hydrogens (tertiary/aromatic N) is 2. The third-order valence-corrected chi connectivity index (χ3v) is 6.00. The van der Waals surface area contributed by atoms with Gasteiger partial charge in [-0.1, -0.05) is 19.8 Å². The van der Waals surface area contributed by atoms with E-state index in [9.17, 15) is 0 Å². The second kappa shape index (κ2) is 5.15. The fraction of sp³-hybridized carbons (Fsp3) is 0.800. The largest absolute Gasteiger partial charge is 0.308 e. The van der Waals surface area contributed by atoms with Gasteiger partial charge in [0.2, 0.25) is 0 Å². The Bertz CT molecular complexity index is 411. The van der Waals surface area contributed by atoms with Crippen LogP contribution in [-0.2, 0) is 6.54 Å². The Morgan fingerprint density at radius 2 is 2.21 bits per heavy atom. The van der Waals surface area contributed by atoms with Crippen LogP contribution in [0.1, 0.15) is 51.0 Å². The van der Waals surface area contributed by atoms with Gasteiger partial charge in [0, 0.05) is 35.7 Å². The molecule has 1 spiro atoms. The smallest absolute Gasteiger partial charge is 0.107 e. The van der Waals surface area contributed by atoms with E-state index in [0.29, 0.717) is 5.54 Å². The van der Waals surface area contributed by atoms with Crippen LogP contribution in [-0.4, -0.2) is 34.1 Å². The van der Waals surface area contributed by atoms with E-state index in [4.69, 9.17) is 0 Å². The van der Waals surface area contributed by atoms with Crippen molar-refractivity contribution in [1.29, 1.82) is 0 Å². The molecule has 3 nitrogen and oxygen atoms in total. The van der Waals surface area contributed by atoms with E-state index in [1.165, 1.54) is 43.7 Å². The van der Waals surface area contributed by atoms with E-state index >= 15 is 0 Å². The van der Waals surface area contributed by atoms with Crippen molar-refractivity contribution in [3.05, 3.63) is 16.6 Å². The van der Waals surface area contributed by atoms with Crippen LogP contribution >= 0.6 is 11.3 Å². The first kappa shape index (κ1) is 13.5. The Balaban J connectivity index is 1.78. The summed E-state index contributed by atoms with van der Waals surface area (Å²) < 4.78 is 0. The molecule has 106 valence electrons. The molecule has 1 unspecified atom stereocenters. The van der Waals surface area contributed by atoms with Crippen LogP contribution in [0.3, 0.4) is 0 Å². The van der Waals surface area contributed by atoms with Crippen molar-refractivity contribution in [3.8, 4) is 0 Å². The van der Waals surface area contributed by atoms with Crippen molar-refractivity contribution in [3.63, 3.8) is 0 Å². The van der Waals surface area contributed by atoms with E-state index in [-0.39, 0.29) is 5.54 Å². The van der Waals surface area contributed by atoms with Gasteiger partial charge in [0.25, 0.3) is 0 Å². The second-order valence-electron chi connectivity index (χ2n) is 6.47. The first-order valence-corrected chi connectivity index (χ1v) is 8.42. The van der Waals surface area contributed by atoms with E-state index in [1.54, 1.807) is 11.3 Å². The van der Waals surface area contributed by atoms with Gasteiger partial charge < -0.3 is 5.32 Å². The van der Waals surface area contributed by atoms with Crippen LogP contribution in [0.15, 0.2) is 11.6 Å². The molecule has 0 aromatic carbocycles. The molecule has 1 aromatic heterocycles. The quantitative estimate of drug-likeness (QED) is 0.922. The first-order chi connectivity index (χ1) is 9.16. The monoisotopic (exact) mass is 279 g/mol. The lowest BCUT2D eigenvalue weighted by Gasteiger charge is -2.52. The molecule has 2 fully saturated rings. The Labute approximate surface area is 120 Å². The molecule has 1 aliphatic carbocycles. The zero-order valence-electron chi connectivity index (χ0n) is 12.1. The Morgan fingerprint density at radius 1 is 1.42 bits per heavy atom. The lowest BCUT2D eigenvalue weighted by Crippen LogP contribution is -2.67. The number of thiazole rings is 1. The molecule has 2 aliphatic rings. The number of aromatic nitrogens is 1. The van der Waals surface area contributed by atoms with Gasteiger partial charge in [-0.15, -0.1) is 11.3 Å². The van der Waals surface area contributed by atoms with Gasteiger partial charge in [-0.25, -0.2) is 4.98 Å². The number of hydrogen-bond acceptors (Lipinski definition) is 4. The SMILES string of the molecule is CCC1(C)CNC2(CCCC2)CN1Cc1nccs1. The number of hydrogen-bond donors (Lipinski definition) is 1. The van der Waals surface area contributed by atoms with Crippen LogP contribution in [0, 0.1) is 0 Å². The highest BCUT2D eigenvalue weighted by atomic mass is 32.1. The maximum absolute atomic E-state index is 4.48. The van der Waals surface area contributed by atoms with E-state index < -0.39 is 0 Å². The van der Waals surface area contributed by atoms with Gasteiger partial charge >= 0.3 is 0 Å². The van der Waals surface area contributed by atoms with Crippen molar-refractivity contribution >= 4 is 11.3 Å². The lowest BCUT2D eigenvalue weighted by molar-refractivity contribution is 0.00775. The number of piperazine rings is 1. The lowest BCUT2D eigenvalue weighted by atomic mass is 9.85. The average Bonchev–Trinajstić information content (AvgIpc) is 3.07. The minimum atomic E-state index is 0.277. The van der Waals surface area contributed by atoms with Gasteiger partial charge in [-0.2, -0.15) is 0 Å². The predicted molar refractivity (Wildman–Crippen MR) is 80.4 cm³/mol. The molecular weight excluding hydrogens is 254 g/mol. The molecule has 1 aromatic rings. The van der Waals surface area contributed by atoms with Crippen LogP contribution in [0.2, 0.25) is 0 Å². The Hall–Kier alpha value is -0.450. The maximum Gasteiger partial charge on any atom is 0.107 e. The summed E-state index contributed by atoms with van der Waals surface area (Å²) >= 11 is 1.79. The molecule has 0 amide bonds. The molecule has 3 rings (SSSR count).